The first-order valence-corrected chi connectivity index (χ1v) is 15.3. The Morgan fingerprint density at radius 3 is 2.30 bits per heavy atom. The molecular formula is C40H33N4OPt-. The van der Waals surface area contributed by atoms with Gasteiger partial charge in [-0.2, -0.15) is 46.4 Å². The number of aromatic nitrogens is 2. The second-order valence-corrected chi connectivity index (χ2v) is 12.2. The van der Waals surface area contributed by atoms with Crippen LogP contribution in [0.1, 0.15) is 30.5 Å². The van der Waals surface area contributed by atoms with E-state index in [9.17, 15) is 0 Å². The van der Waals surface area contributed by atoms with Gasteiger partial charge in [0, 0.05) is 38.5 Å². The van der Waals surface area contributed by atoms with Crippen LogP contribution in [0.5, 0.6) is 0 Å². The number of para-hydroxylation sites is 3. The molecule has 6 heteroatoms. The van der Waals surface area contributed by atoms with Crippen LogP contribution >= 0.6 is 0 Å². The number of aryl methyl sites for hydroxylation is 1. The molecule has 46 heavy (non-hydrogen) atoms. The van der Waals surface area contributed by atoms with Crippen LogP contribution in [-0.4, -0.2) is 21.5 Å². The number of fused-ring (bicyclic) bond motifs is 4. The Hall–Kier alpha value is -4.70. The van der Waals surface area contributed by atoms with E-state index in [2.05, 4.69) is 141 Å². The molecule has 5 aromatic carbocycles. The SMILES string of the molecule is Cc1ccccc1-c1ccnc(-n2c3[c-]c(C(C)(C)c4[c-]c(N5[OH+]N(C)c6ccccc65)ccc4)ccc3c3ccccc32)c1.[Pt]. The van der Waals surface area contributed by atoms with Crippen molar-refractivity contribution in [1.82, 2.24) is 9.55 Å². The van der Waals surface area contributed by atoms with E-state index in [1.807, 2.05) is 35.5 Å². The fourth-order valence-electron chi connectivity index (χ4n) is 6.52. The maximum absolute atomic E-state index is 4.88. The second-order valence-electron chi connectivity index (χ2n) is 12.2. The van der Waals surface area contributed by atoms with Crippen molar-refractivity contribution in [2.45, 2.75) is 26.2 Å². The fourth-order valence-corrected chi connectivity index (χ4v) is 6.52. The molecule has 2 aromatic heterocycles. The van der Waals surface area contributed by atoms with Gasteiger partial charge < -0.3 is 4.57 Å². The largest absolute Gasteiger partial charge is 0.319 e. The first kappa shape index (κ1) is 30.0. The Labute approximate surface area is 283 Å². The Morgan fingerprint density at radius 2 is 1.46 bits per heavy atom. The van der Waals surface area contributed by atoms with Crippen LogP contribution in [0.2, 0.25) is 0 Å². The van der Waals surface area contributed by atoms with Crippen molar-refractivity contribution in [3.05, 3.63) is 150 Å². The monoisotopic (exact) mass is 780 g/mol. The molecule has 0 unspecified atom stereocenters. The molecule has 3 heterocycles. The van der Waals surface area contributed by atoms with E-state index in [0.29, 0.717) is 0 Å². The summed E-state index contributed by atoms with van der Waals surface area (Å²) in [6.45, 7) is 6.63. The van der Waals surface area contributed by atoms with E-state index in [4.69, 9.17) is 9.92 Å². The van der Waals surface area contributed by atoms with Crippen LogP contribution in [0.4, 0.5) is 17.1 Å². The summed E-state index contributed by atoms with van der Waals surface area (Å²) >= 11 is 0. The molecule has 0 atom stereocenters. The molecule has 0 spiro atoms. The van der Waals surface area contributed by atoms with Crippen molar-refractivity contribution >= 4 is 38.9 Å². The second kappa shape index (κ2) is 11.6. The molecule has 0 aliphatic carbocycles. The van der Waals surface area contributed by atoms with Gasteiger partial charge in [-0.25, -0.2) is 4.98 Å². The van der Waals surface area contributed by atoms with E-state index >= 15 is 0 Å². The quantitative estimate of drug-likeness (QED) is 0.129. The number of pyridine rings is 1. The summed E-state index contributed by atoms with van der Waals surface area (Å²) in [4.78, 5) is 9.67. The van der Waals surface area contributed by atoms with Gasteiger partial charge in [-0.1, -0.05) is 74.0 Å². The number of nitrogens with zero attached hydrogens (tertiary/aromatic N) is 4. The molecule has 1 aliphatic heterocycles. The zero-order valence-corrected chi connectivity index (χ0v) is 28.4. The molecule has 230 valence electrons. The van der Waals surface area contributed by atoms with E-state index in [1.165, 1.54) is 16.5 Å². The van der Waals surface area contributed by atoms with Gasteiger partial charge in [-0.3, -0.25) is 0 Å². The van der Waals surface area contributed by atoms with Crippen molar-refractivity contribution in [3.63, 3.8) is 0 Å². The third kappa shape index (κ3) is 4.83. The Bertz CT molecular complexity index is 2240. The summed E-state index contributed by atoms with van der Waals surface area (Å²) < 4.78 is 2.25. The number of anilines is 3. The molecule has 1 N–H and O–H groups in total. The predicted molar refractivity (Wildman–Crippen MR) is 184 cm³/mol. The average Bonchev–Trinajstić information content (AvgIpc) is 3.59. The maximum Gasteiger partial charge on any atom is 0.145 e. The van der Waals surface area contributed by atoms with Crippen LogP contribution in [0, 0.1) is 19.1 Å². The third-order valence-electron chi connectivity index (χ3n) is 9.05. The van der Waals surface area contributed by atoms with Gasteiger partial charge in [0.15, 0.2) is 0 Å². The van der Waals surface area contributed by atoms with E-state index in [0.717, 1.165) is 56.0 Å². The number of hydrogen-bond donors (Lipinski definition) is 0. The van der Waals surface area contributed by atoms with Crippen LogP contribution in [0.25, 0.3) is 38.8 Å². The number of hydrogen-bond acceptors (Lipinski definition) is 3. The Kier molecular flexibility index (Phi) is 7.55. The summed E-state index contributed by atoms with van der Waals surface area (Å²) in [7, 11) is 1.97. The maximum atomic E-state index is 4.88. The van der Waals surface area contributed by atoms with Crippen LogP contribution in [0.15, 0.2) is 121 Å². The number of benzene rings is 5. The first-order chi connectivity index (χ1) is 21.9. The van der Waals surface area contributed by atoms with Gasteiger partial charge in [-0.15, -0.1) is 27.6 Å². The smallest absolute Gasteiger partial charge is 0.145 e. The van der Waals surface area contributed by atoms with Crippen LogP contribution < -0.4 is 10.1 Å². The predicted octanol–water partition coefficient (Wildman–Crippen LogP) is 9.51. The van der Waals surface area contributed by atoms with E-state index < -0.39 is 0 Å². The van der Waals surface area contributed by atoms with Crippen LogP contribution in [0.3, 0.4) is 0 Å². The van der Waals surface area contributed by atoms with E-state index in [-0.39, 0.29) is 26.5 Å². The third-order valence-corrected chi connectivity index (χ3v) is 9.05. The van der Waals surface area contributed by atoms with Gasteiger partial charge >= 0.3 is 0 Å². The Morgan fingerprint density at radius 1 is 0.717 bits per heavy atom. The number of hydroxylamine groups is 1. The zero-order chi connectivity index (χ0) is 30.7. The van der Waals surface area contributed by atoms with E-state index in [1.54, 1.807) is 0 Å². The molecule has 0 radical (unpaired) electrons. The molecule has 0 fully saturated rings. The molecule has 8 rings (SSSR count). The summed E-state index contributed by atoms with van der Waals surface area (Å²) in [5, 5.41) is 6.21. The number of rotatable bonds is 5. The molecule has 0 amide bonds. The van der Waals surface area contributed by atoms with Gasteiger partial charge in [0.25, 0.3) is 0 Å². The average molecular weight is 781 g/mol. The Balaban J connectivity index is 0.00000338. The van der Waals surface area contributed by atoms with Gasteiger partial charge in [0.05, 0.1) is 7.05 Å². The first-order valence-electron chi connectivity index (χ1n) is 15.3. The van der Waals surface area contributed by atoms with Gasteiger partial charge in [0.2, 0.25) is 0 Å². The standard InChI is InChI=1S/C40H32N4O.Pt/c1-27-12-5-6-15-32(27)28-22-23-41-39(24-28)43-35-17-8-7-16-33(35)34-21-20-30(26-38(34)43)40(2,3)29-13-11-14-31(25-29)44-37-19-10-9-18-36(37)42(4)45-44;/h5-24H,1-4H3;/q-2;/p+1. The normalized spacial score (nSPS) is 12.9. The zero-order valence-electron chi connectivity index (χ0n) is 26.1. The molecular weight excluding hydrogens is 748 g/mol. The molecule has 5 nitrogen and oxygen atoms in total. The summed E-state index contributed by atoms with van der Waals surface area (Å²) in [6, 6.07) is 47.9. The summed E-state index contributed by atoms with van der Waals surface area (Å²) in [6.07, 6.45) is 1.91. The molecule has 1 aliphatic rings. The summed E-state index contributed by atoms with van der Waals surface area (Å²) in [5.74, 6) is 0.875. The van der Waals surface area contributed by atoms with Crippen LogP contribution in [-0.2, 0) is 26.5 Å². The molecule has 0 saturated carbocycles. The van der Waals surface area contributed by atoms with Crippen molar-refractivity contribution < 1.29 is 26.0 Å². The molecule has 7 aromatic rings. The van der Waals surface area contributed by atoms with Crippen molar-refractivity contribution in [2.24, 2.45) is 0 Å². The van der Waals surface area contributed by atoms with Crippen molar-refractivity contribution in [1.29, 1.82) is 0 Å². The van der Waals surface area contributed by atoms with Gasteiger partial charge in [0.1, 0.15) is 17.2 Å². The fraction of sp³-hybridized carbons (Fsp3) is 0.125. The molecule has 0 saturated heterocycles. The summed E-state index contributed by atoms with van der Waals surface area (Å²) in [5.41, 5.74) is 10.5. The minimum Gasteiger partial charge on any atom is -0.319 e. The minimum atomic E-state index is -0.382. The topological polar surface area (TPSA) is 37.1 Å². The van der Waals surface area contributed by atoms with Crippen molar-refractivity contribution in [2.75, 3.05) is 17.2 Å². The minimum absolute atomic E-state index is 0. The molecule has 0 bridgehead atoms. The van der Waals surface area contributed by atoms with Crippen molar-refractivity contribution in [3.8, 4) is 16.9 Å². The van der Waals surface area contributed by atoms with Gasteiger partial charge in [-0.05, 0) is 64.7 Å².